The van der Waals surface area contributed by atoms with Crippen molar-refractivity contribution in [3.05, 3.63) is 33.4 Å². The molecule has 21 heteroatoms. The minimum atomic E-state index is -1.82. The van der Waals surface area contributed by atoms with E-state index in [0.29, 0.717) is 0 Å². The number of nitrogens with one attached hydrogen (secondary N) is 3. The number of piperidine rings is 3. The van der Waals surface area contributed by atoms with E-state index in [4.69, 9.17) is 0 Å². The summed E-state index contributed by atoms with van der Waals surface area (Å²) < 4.78 is 0. The van der Waals surface area contributed by atoms with E-state index in [2.05, 4.69) is 30.7 Å². The zero-order valence-electron chi connectivity index (χ0n) is 44.7. The lowest BCUT2D eigenvalue weighted by molar-refractivity contribution is -0.139. The number of urea groups is 3. The van der Waals surface area contributed by atoms with E-state index in [1.54, 1.807) is 0 Å². The average molecular weight is 1010 g/mol. The summed E-state index contributed by atoms with van der Waals surface area (Å²) in [6.07, 6.45) is -0.243. The molecule has 72 heavy (non-hydrogen) atoms. The second kappa shape index (κ2) is 16.9. The lowest BCUT2D eigenvalue weighted by atomic mass is 9.69. The molecule has 6 aliphatic rings. The summed E-state index contributed by atoms with van der Waals surface area (Å²) in [5.41, 5.74) is -10.9. The fourth-order valence-electron chi connectivity index (χ4n) is 14.3. The summed E-state index contributed by atoms with van der Waals surface area (Å²) in [7, 11) is 5.80. The molecule has 6 aliphatic heterocycles. The van der Waals surface area contributed by atoms with Crippen LogP contribution in [0.1, 0.15) is 169 Å². The van der Waals surface area contributed by atoms with Gasteiger partial charge >= 0.3 is 36.0 Å². The number of nitrogens with zero attached hydrogens (tertiary/aromatic N) is 6. The summed E-state index contributed by atoms with van der Waals surface area (Å²) >= 11 is 0. The maximum absolute atomic E-state index is 14.6. The van der Waals surface area contributed by atoms with Crippen LogP contribution in [0.5, 0.6) is 0 Å². The predicted octanol–water partition coefficient (Wildman–Crippen LogP) is 4.13. The smallest absolute Gasteiger partial charge is 0.336 e. The van der Waals surface area contributed by atoms with E-state index in [1.807, 2.05) is 104 Å². The largest absolute Gasteiger partial charge is 0.478 e. The van der Waals surface area contributed by atoms with E-state index in [0.717, 1.165) is 14.7 Å². The van der Waals surface area contributed by atoms with Crippen LogP contribution < -0.4 is 16.0 Å². The van der Waals surface area contributed by atoms with Crippen LogP contribution in [0.4, 0.5) is 14.4 Å². The van der Waals surface area contributed by atoms with E-state index in [9.17, 15) is 58.5 Å². The monoisotopic (exact) mass is 1010 g/mol. The Hall–Kier alpha value is -5.67. The molecule has 0 atom stereocenters. The third-order valence-electron chi connectivity index (χ3n) is 17.8. The summed E-state index contributed by atoms with van der Waals surface area (Å²) in [5.74, 6) is -7.03. The van der Waals surface area contributed by atoms with Crippen LogP contribution in [-0.4, -0.2) is 189 Å². The molecule has 0 unspecified atom stereocenters. The first kappa shape index (κ1) is 54.1. The van der Waals surface area contributed by atoms with Crippen LogP contribution in [0.3, 0.4) is 0 Å². The molecule has 9 amide bonds. The molecule has 0 radical (unpaired) electrons. The highest BCUT2D eigenvalue weighted by Gasteiger charge is 2.63. The maximum atomic E-state index is 14.6. The molecular formula is C51H75N9O12. The van der Waals surface area contributed by atoms with Crippen molar-refractivity contribution in [3.8, 4) is 0 Å². The third kappa shape index (κ3) is 8.49. The molecule has 6 saturated heterocycles. The summed E-state index contributed by atoms with van der Waals surface area (Å²) in [5, 5.41) is 41.9. The van der Waals surface area contributed by atoms with E-state index in [-0.39, 0.29) is 49.7 Å². The summed E-state index contributed by atoms with van der Waals surface area (Å²) in [6, 6.07) is -2.30. The quantitative estimate of drug-likeness (QED) is 0.161. The molecule has 3 spiro atoms. The predicted molar refractivity (Wildman–Crippen MR) is 263 cm³/mol. The molecule has 6 N–H and O–H groups in total. The lowest BCUT2D eigenvalue weighted by Gasteiger charge is -2.56. The molecule has 6 heterocycles. The van der Waals surface area contributed by atoms with Crippen LogP contribution in [0.15, 0.2) is 0 Å². The van der Waals surface area contributed by atoms with Crippen LogP contribution in [-0.2, 0) is 33.6 Å². The van der Waals surface area contributed by atoms with Crippen molar-refractivity contribution in [2.75, 3.05) is 40.8 Å². The Morgan fingerprint density at radius 3 is 0.833 bits per heavy atom. The molecule has 0 aromatic heterocycles. The molecular weight excluding hydrogens is 931 g/mol. The highest BCUT2D eigenvalue weighted by Crippen LogP contribution is 2.48. The Balaban J connectivity index is 1.32. The molecule has 21 nitrogen and oxygen atoms in total. The van der Waals surface area contributed by atoms with Gasteiger partial charge in [-0.1, -0.05) is 0 Å². The van der Waals surface area contributed by atoms with Crippen LogP contribution in [0.2, 0.25) is 0 Å². The number of hydrogen-bond donors (Lipinski definition) is 6. The van der Waals surface area contributed by atoms with Gasteiger partial charge in [-0.25, -0.2) is 28.8 Å². The van der Waals surface area contributed by atoms with E-state index < -0.39 is 165 Å². The number of benzene rings is 1. The van der Waals surface area contributed by atoms with Crippen LogP contribution >= 0.6 is 0 Å². The molecule has 1 aromatic carbocycles. The van der Waals surface area contributed by atoms with Crippen molar-refractivity contribution >= 4 is 53.7 Å². The SMILES string of the molecule is CN1C(C)(C)CC2(CC1(C)C)NC(=O)N(CCc1c(CCN3C(=O)NC4(CC(C)(C)N(C)C(C)(C)C4)C3=O)c(C(=O)O)c(C(=O)O)c(CCN3C(=O)NC4(CC(C)(C)N(C)C(C)(C)C4)C3=O)c1C(=O)O)C2=O. The minimum absolute atomic E-state index is 0.227. The Bertz CT molecular complexity index is 2540. The van der Waals surface area contributed by atoms with Crippen molar-refractivity contribution in [2.24, 2.45) is 0 Å². The number of carboxylic acids is 3. The Morgan fingerprint density at radius 2 is 0.597 bits per heavy atom. The Morgan fingerprint density at radius 1 is 0.389 bits per heavy atom. The molecule has 0 bridgehead atoms. The van der Waals surface area contributed by atoms with Gasteiger partial charge in [0.25, 0.3) is 17.7 Å². The van der Waals surface area contributed by atoms with Gasteiger partial charge in [0.05, 0.1) is 16.7 Å². The average Bonchev–Trinajstić information content (AvgIpc) is 3.67. The number of likely N-dealkylation sites (tertiary alicyclic amines) is 3. The van der Waals surface area contributed by atoms with Gasteiger partial charge < -0.3 is 31.3 Å². The maximum Gasteiger partial charge on any atom is 0.336 e. The van der Waals surface area contributed by atoms with Gasteiger partial charge in [0, 0.05) is 52.9 Å². The van der Waals surface area contributed by atoms with Gasteiger partial charge in [0.1, 0.15) is 16.6 Å². The van der Waals surface area contributed by atoms with Crippen molar-refractivity contribution in [1.82, 2.24) is 45.3 Å². The van der Waals surface area contributed by atoms with Gasteiger partial charge in [-0.3, -0.25) is 43.8 Å². The number of carbonyl (C=O) groups is 9. The normalized spacial score (nSPS) is 25.6. The molecule has 396 valence electrons. The highest BCUT2D eigenvalue weighted by atomic mass is 16.4. The first-order chi connectivity index (χ1) is 32.7. The molecule has 0 saturated carbocycles. The van der Waals surface area contributed by atoms with Crippen molar-refractivity contribution in [3.63, 3.8) is 0 Å². The summed E-state index contributed by atoms with van der Waals surface area (Å²) in [6.45, 7) is 21.9. The number of carboxylic acid groups (broad SMARTS) is 3. The fourth-order valence-corrected chi connectivity index (χ4v) is 14.3. The minimum Gasteiger partial charge on any atom is -0.478 e. The number of aromatic carboxylic acids is 3. The number of imide groups is 3. The number of amides is 9. The zero-order chi connectivity index (χ0) is 54.2. The van der Waals surface area contributed by atoms with Crippen molar-refractivity contribution in [1.29, 1.82) is 0 Å². The molecule has 1 aromatic rings. The number of hydrogen-bond acceptors (Lipinski definition) is 12. The zero-order valence-corrected chi connectivity index (χ0v) is 44.7. The van der Waals surface area contributed by atoms with Gasteiger partial charge in [0.15, 0.2) is 0 Å². The Labute approximate surface area is 421 Å². The first-order valence-corrected chi connectivity index (χ1v) is 24.8. The van der Waals surface area contributed by atoms with E-state index in [1.165, 1.54) is 0 Å². The number of carbonyl (C=O) groups excluding carboxylic acids is 6. The molecule has 0 aliphatic carbocycles. The van der Waals surface area contributed by atoms with Crippen molar-refractivity contribution < 1.29 is 58.5 Å². The van der Waals surface area contributed by atoms with Crippen LogP contribution in [0.25, 0.3) is 0 Å². The summed E-state index contributed by atoms with van der Waals surface area (Å²) in [4.78, 5) is 136. The van der Waals surface area contributed by atoms with Gasteiger partial charge in [-0.05, 0) is 179 Å². The molecule has 7 rings (SSSR count). The Kier molecular flexibility index (Phi) is 12.7. The topological polar surface area (TPSA) is 270 Å². The van der Waals surface area contributed by atoms with E-state index >= 15 is 0 Å². The fraction of sp³-hybridized carbons (Fsp3) is 0.706. The lowest BCUT2D eigenvalue weighted by Crippen LogP contribution is -2.68. The standard InChI is InChI=1S/C51H75N9O12/c1-43(2)22-49(23-44(3,4)55(43)13)37(67)58(40(70)52-49)19-16-28-29(17-20-59-38(68)50(53-41(59)71)24-45(5,6)56(14)46(7,8)25-50)32(35(63)64)33(36(65)66)30(31(28)34(61)62)18-21-60-39(69)51(54-42(60)72)26-47(9,10)57(15)48(11,12)27-51/h16-27H2,1-15H3,(H,52,70)(H,53,71)(H,54,72)(H,61,62)(H,63,64)(H,65,66). The second-order valence-corrected chi connectivity index (χ2v) is 25.2. The second-order valence-electron chi connectivity index (χ2n) is 25.2. The van der Waals surface area contributed by atoms with Crippen molar-refractivity contribution in [2.45, 2.75) is 191 Å². The highest BCUT2D eigenvalue weighted by molar-refractivity contribution is 6.10. The third-order valence-corrected chi connectivity index (χ3v) is 17.8. The van der Waals surface area contributed by atoms with Gasteiger partial charge in [-0.2, -0.15) is 0 Å². The van der Waals surface area contributed by atoms with Gasteiger partial charge in [0.2, 0.25) is 0 Å². The van der Waals surface area contributed by atoms with Gasteiger partial charge in [-0.15, -0.1) is 0 Å². The number of rotatable bonds is 12. The molecule has 6 fully saturated rings. The first-order valence-electron chi connectivity index (χ1n) is 24.8. The van der Waals surface area contributed by atoms with Crippen LogP contribution in [0, 0.1) is 0 Å².